The molecule has 2 amide bonds. The summed E-state index contributed by atoms with van der Waals surface area (Å²) in [5.41, 5.74) is 2.38. The number of imide groups is 1. The largest absolute Gasteiger partial charge is 0.376 e. The van der Waals surface area contributed by atoms with Crippen molar-refractivity contribution in [3.8, 4) is 0 Å². The molecule has 100 valence electrons. The molecule has 0 radical (unpaired) electrons. The SMILES string of the molecule is CN(C)c1ccccc1N1C(=O)c2ccccc2C1=O. The normalized spacial score (nSPS) is 13.6. The fraction of sp³-hybridized carbons (Fsp3) is 0.125. The number of rotatable bonds is 2. The van der Waals surface area contributed by atoms with Crippen molar-refractivity contribution in [3.63, 3.8) is 0 Å². The van der Waals surface area contributed by atoms with E-state index in [-0.39, 0.29) is 11.8 Å². The minimum atomic E-state index is -0.264. The van der Waals surface area contributed by atoms with E-state index in [4.69, 9.17) is 0 Å². The van der Waals surface area contributed by atoms with Gasteiger partial charge < -0.3 is 4.90 Å². The van der Waals surface area contributed by atoms with Crippen LogP contribution in [-0.4, -0.2) is 25.9 Å². The van der Waals surface area contributed by atoms with Gasteiger partial charge in [0.1, 0.15) is 0 Å². The van der Waals surface area contributed by atoms with Gasteiger partial charge in [0.2, 0.25) is 0 Å². The topological polar surface area (TPSA) is 40.6 Å². The third kappa shape index (κ3) is 1.69. The first-order valence-corrected chi connectivity index (χ1v) is 6.35. The second-order valence-corrected chi connectivity index (χ2v) is 4.87. The Bertz CT molecular complexity index is 672. The summed E-state index contributed by atoms with van der Waals surface area (Å²) in [6.07, 6.45) is 0. The van der Waals surface area contributed by atoms with E-state index in [1.54, 1.807) is 30.3 Å². The van der Waals surface area contributed by atoms with Crippen molar-refractivity contribution < 1.29 is 9.59 Å². The quantitative estimate of drug-likeness (QED) is 0.784. The molecule has 1 heterocycles. The average molecular weight is 266 g/mol. The Morgan fingerprint density at radius 3 is 1.85 bits per heavy atom. The van der Waals surface area contributed by atoms with Crippen LogP contribution in [0.15, 0.2) is 48.5 Å². The van der Waals surface area contributed by atoms with Crippen molar-refractivity contribution in [2.75, 3.05) is 23.9 Å². The second kappa shape index (κ2) is 4.49. The third-order valence-electron chi connectivity index (χ3n) is 3.40. The van der Waals surface area contributed by atoms with Crippen LogP contribution in [0.1, 0.15) is 20.7 Å². The number of carbonyl (C=O) groups excluding carboxylic acids is 2. The van der Waals surface area contributed by atoms with Crippen LogP contribution in [0.3, 0.4) is 0 Å². The lowest BCUT2D eigenvalue weighted by atomic mass is 10.1. The molecule has 0 aliphatic carbocycles. The molecule has 4 nitrogen and oxygen atoms in total. The van der Waals surface area contributed by atoms with Crippen LogP contribution in [0.25, 0.3) is 0 Å². The van der Waals surface area contributed by atoms with E-state index in [1.807, 2.05) is 37.2 Å². The maximum absolute atomic E-state index is 12.5. The molecule has 0 aromatic heterocycles. The summed E-state index contributed by atoms with van der Waals surface area (Å²) in [6.45, 7) is 0. The zero-order valence-corrected chi connectivity index (χ0v) is 11.3. The summed E-state index contributed by atoms with van der Waals surface area (Å²) < 4.78 is 0. The molecule has 0 bridgehead atoms. The van der Waals surface area contributed by atoms with Gasteiger partial charge in [-0.05, 0) is 24.3 Å². The third-order valence-corrected chi connectivity index (χ3v) is 3.40. The van der Waals surface area contributed by atoms with Crippen molar-refractivity contribution >= 4 is 23.2 Å². The summed E-state index contributed by atoms with van der Waals surface area (Å²) >= 11 is 0. The van der Waals surface area contributed by atoms with Crippen molar-refractivity contribution in [1.29, 1.82) is 0 Å². The summed E-state index contributed by atoms with van der Waals surface area (Å²) in [4.78, 5) is 28.1. The van der Waals surface area contributed by atoms with Crippen LogP contribution >= 0.6 is 0 Å². The number of para-hydroxylation sites is 2. The smallest absolute Gasteiger partial charge is 0.266 e. The Morgan fingerprint density at radius 1 is 0.800 bits per heavy atom. The molecule has 0 atom stereocenters. The minimum absolute atomic E-state index is 0.264. The first-order chi connectivity index (χ1) is 9.61. The number of amides is 2. The van der Waals surface area contributed by atoms with Crippen molar-refractivity contribution in [1.82, 2.24) is 0 Å². The Labute approximate surface area is 117 Å². The van der Waals surface area contributed by atoms with Crippen molar-refractivity contribution in [2.45, 2.75) is 0 Å². The number of hydrogen-bond acceptors (Lipinski definition) is 3. The van der Waals surface area contributed by atoms with Gasteiger partial charge in [-0.15, -0.1) is 0 Å². The van der Waals surface area contributed by atoms with Gasteiger partial charge in [0, 0.05) is 14.1 Å². The maximum atomic E-state index is 12.5. The van der Waals surface area contributed by atoms with E-state index in [2.05, 4.69) is 0 Å². The number of carbonyl (C=O) groups is 2. The zero-order chi connectivity index (χ0) is 14.3. The number of fused-ring (bicyclic) bond motifs is 1. The van der Waals surface area contributed by atoms with Gasteiger partial charge in [0.25, 0.3) is 11.8 Å². The summed E-state index contributed by atoms with van der Waals surface area (Å²) in [6, 6.07) is 14.3. The molecule has 2 aromatic rings. The van der Waals surface area contributed by atoms with Crippen LogP contribution < -0.4 is 9.80 Å². The lowest BCUT2D eigenvalue weighted by molar-refractivity contribution is 0.0926. The van der Waals surface area contributed by atoms with Crippen molar-refractivity contribution in [3.05, 3.63) is 59.7 Å². The van der Waals surface area contributed by atoms with E-state index >= 15 is 0 Å². The number of anilines is 2. The molecule has 4 heteroatoms. The molecule has 2 aromatic carbocycles. The minimum Gasteiger partial charge on any atom is -0.376 e. The molecular weight excluding hydrogens is 252 g/mol. The maximum Gasteiger partial charge on any atom is 0.266 e. The Kier molecular flexibility index (Phi) is 2.79. The highest BCUT2D eigenvalue weighted by Crippen LogP contribution is 2.34. The summed E-state index contributed by atoms with van der Waals surface area (Å²) in [7, 11) is 3.77. The zero-order valence-electron chi connectivity index (χ0n) is 11.3. The Hall–Kier alpha value is -2.62. The first kappa shape index (κ1) is 12.4. The van der Waals surface area contributed by atoms with Gasteiger partial charge in [0.05, 0.1) is 22.5 Å². The molecule has 20 heavy (non-hydrogen) atoms. The Balaban J connectivity index is 2.15. The van der Waals surface area contributed by atoms with E-state index in [1.165, 1.54) is 4.90 Å². The summed E-state index contributed by atoms with van der Waals surface area (Å²) in [5, 5.41) is 0. The van der Waals surface area contributed by atoms with E-state index < -0.39 is 0 Å². The lowest BCUT2D eigenvalue weighted by Crippen LogP contribution is -2.31. The van der Waals surface area contributed by atoms with Crippen molar-refractivity contribution in [2.24, 2.45) is 0 Å². The molecule has 0 saturated heterocycles. The van der Waals surface area contributed by atoms with Gasteiger partial charge in [-0.25, -0.2) is 4.90 Å². The average Bonchev–Trinajstić information content (AvgIpc) is 2.71. The number of benzene rings is 2. The van der Waals surface area contributed by atoms with Gasteiger partial charge in [-0.3, -0.25) is 9.59 Å². The molecule has 0 N–H and O–H groups in total. The molecule has 1 aliphatic rings. The first-order valence-electron chi connectivity index (χ1n) is 6.35. The highest BCUT2D eigenvalue weighted by atomic mass is 16.2. The van der Waals surface area contributed by atoms with Gasteiger partial charge >= 0.3 is 0 Å². The lowest BCUT2D eigenvalue weighted by Gasteiger charge is -2.22. The molecule has 0 fully saturated rings. The Morgan fingerprint density at radius 2 is 1.30 bits per heavy atom. The second-order valence-electron chi connectivity index (χ2n) is 4.87. The highest BCUT2D eigenvalue weighted by molar-refractivity contribution is 6.35. The monoisotopic (exact) mass is 266 g/mol. The fourth-order valence-corrected chi connectivity index (χ4v) is 2.44. The molecule has 1 aliphatic heterocycles. The number of nitrogens with zero attached hydrogens (tertiary/aromatic N) is 2. The van der Waals surface area contributed by atoms with E-state index in [0.29, 0.717) is 16.8 Å². The standard InChI is InChI=1S/C16H14N2O2/c1-17(2)13-9-5-6-10-14(13)18-15(19)11-7-3-4-8-12(11)16(18)20/h3-10H,1-2H3. The highest BCUT2D eigenvalue weighted by Gasteiger charge is 2.37. The molecule has 0 spiro atoms. The molecule has 0 unspecified atom stereocenters. The predicted molar refractivity (Wildman–Crippen MR) is 78.4 cm³/mol. The molecule has 0 saturated carbocycles. The van der Waals surface area contributed by atoms with Crippen LogP contribution in [-0.2, 0) is 0 Å². The van der Waals surface area contributed by atoms with E-state index in [0.717, 1.165) is 5.69 Å². The molecule has 3 rings (SSSR count). The van der Waals surface area contributed by atoms with E-state index in [9.17, 15) is 9.59 Å². The van der Waals surface area contributed by atoms with Gasteiger partial charge in [-0.2, -0.15) is 0 Å². The van der Waals surface area contributed by atoms with Crippen LogP contribution in [0, 0.1) is 0 Å². The fourth-order valence-electron chi connectivity index (χ4n) is 2.44. The molecular formula is C16H14N2O2. The van der Waals surface area contributed by atoms with Crippen LogP contribution in [0.5, 0.6) is 0 Å². The summed E-state index contributed by atoms with van der Waals surface area (Å²) in [5.74, 6) is -0.528. The van der Waals surface area contributed by atoms with Crippen LogP contribution in [0.4, 0.5) is 11.4 Å². The van der Waals surface area contributed by atoms with Gasteiger partial charge in [-0.1, -0.05) is 24.3 Å². The van der Waals surface area contributed by atoms with Crippen LogP contribution in [0.2, 0.25) is 0 Å². The van der Waals surface area contributed by atoms with Gasteiger partial charge in [0.15, 0.2) is 0 Å². The number of hydrogen-bond donors (Lipinski definition) is 0. The predicted octanol–water partition coefficient (Wildman–Crippen LogP) is 2.55.